The Morgan fingerprint density at radius 3 is 2.16 bits per heavy atom. The van der Waals surface area contributed by atoms with Crippen molar-refractivity contribution >= 4 is 11.6 Å². The first-order chi connectivity index (χ1) is 11.8. The van der Waals surface area contributed by atoms with Crippen LogP contribution in [0.1, 0.15) is 64.0 Å². The summed E-state index contributed by atoms with van der Waals surface area (Å²) in [5.41, 5.74) is 5.28. The van der Waals surface area contributed by atoms with E-state index >= 15 is 0 Å². The molecule has 0 radical (unpaired) electrons. The van der Waals surface area contributed by atoms with Crippen molar-refractivity contribution in [2.75, 3.05) is 7.05 Å². The molecule has 0 aliphatic rings. The smallest absolute Gasteiger partial charge is 0.235 e. The Morgan fingerprint density at radius 2 is 1.68 bits per heavy atom. The van der Waals surface area contributed by atoms with Crippen molar-refractivity contribution in [2.45, 2.75) is 53.6 Å². The zero-order valence-corrected chi connectivity index (χ0v) is 16.1. The van der Waals surface area contributed by atoms with Gasteiger partial charge in [0.25, 0.3) is 0 Å². The molecule has 1 aromatic carbocycles. The molecule has 0 aliphatic heterocycles. The lowest BCUT2D eigenvalue weighted by Crippen LogP contribution is -3.12. The van der Waals surface area contributed by atoms with E-state index in [1.807, 2.05) is 27.8 Å². The maximum Gasteiger partial charge on any atom is 0.235 e. The Balaban J connectivity index is 2.15. The molecule has 4 nitrogen and oxygen atoms in total. The van der Waals surface area contributed by atoms with Crippen LogP contribution in [0, 0.1) is 13.8 Å². The van der Waals surface area contributed by atoms with Crippen LogP contribution in [-0.4, -0.2) is 29.6 Å². The van der Waals surface area contributed by atoms with Crippen LogP contribution in [-0.2, 0) is 13.0 Å². The molecule has 1 unspecified atom stereocenters. The van der Waals surface area contributed by atoms with Crippen molar-refractivity contribution in [1.82, 2.24) is 4.98 Å². The highest BCUT2D eigenvalue weighted by Crippen LogP contribution is 2.19. The van der Waals surface area contributed by atoms with Gasteiger partial charge >= 0.3 is 0 Å². The third-order valence-corrected chi connectivity index (χ3v) is 5.08. The van der Waals surface area contributed by atoms with Crippen LogP contribution in [0.15, 0.2) is 24.3 Å². The second-order valence-corrected chi connectivity index (χ2v) is 6.96. The van der Waals surface area contributed by atoms with Gasteiger partial charge in [0.2, 0.25) is 5.78 Å². The third-order valence-electron chi connectivity index (χ3n) is 5.08. The molecule has 1 aromatic heterocycles. The molecule has 0 bridgehead atoms. The van der Waals surface area contributed by atoms with Gasteiger partial charge in [-0.05, 0) is 45.2 Å². The van der Waals surface area contributed by atoms with E-state index < -0.39 is 0 Å². The summed E-state index contributed by atoms with van der Waals surface area (Å²) in [6.45, 7) is 10.1. The number of quaternary nitrogens is 1. The number of benzene rings is 1. The largest absolute Gasteiger partial charge is 0.355 e. The number of aromatic amines is 1. The summed E-state index contributed by atoms with van der Waals surface area (Å²) in [5, 5.41) is 0. The fourth-order valence-corrected chi connectivity index (χ4v) is 3.33. The van der Waals surface area contributed by atoms with Gasteiger partial charge in [0.05, 0.1) is 12.7 Å². The highest BCUT2D eigenvalue weighted by molar-refractivity contribution is 6.04. The van der Waals surface area contributed by atoms with Crippen LogP contribution in [0.2, 0.25) is 0 Å². The minimum absolute atomic E-state index is 0.00494. The van der Waals surface area contributed by atoms with E-state index in [2.05, 4.69) is 36.2 Å². The predicted octanol–water partition coefficient (Wildman–Crippen LogP) is 2.68. The van der Waals surface area contributed by atoms with Gasteiger partial charge in [0, 0.05) is 16.8 Å². The second-order valence-electron chi connectivity index (χ2n) is 6.96. The van der Waals surface area contributed by atoms with E-state index in [1.54, 1.807) is 0 Å². The number of carbonyl (C=O) groups excluding carboxylic acids is 2. The average Bonchev–Trinajstić information content (AvgIpc) is 2.88. The molecule has 0 spiro atoms. The van der Waals surface area contributed by atoms with Gasteiger partial charge in [-0.3, -0.25) is 9.59 Å². The monoisotopic (exact) mass is 341 g/mol. The number of Topliss-reactive ketones (excluding diaryl/α,β-unsaturated/α-hetero) is 2. The molecule has 2 aromatic rings. The molecule has 0 aliphatic carbocycles. The van der Waals surface area contributed by atoms with Crippen molar-refractivity contribution in [3.05, 3.63) is 57.9 Å². The first kappa shape index (κ1) is 19.1. The van der Waals surface area contributed by atoms with Crippen LogP contribution in [0.3, 0.4) is 0 Å². The molecule has 25 heavy (non-hydrogen) atoms. The Labute approximate surface area is 150 Å². The topological polar surface area (TPSA) is 54.4 Å². The van der Waals surface area contributed by atoms with Gasteiger partial charge in [-0.1, -0.05) is 31.2 Å². The van der Waals surface area contributed by atoms with E-state index in [0.717, 1.165) is 29.1 Å². The zero-order valence-electron chi connectivity index (χ0n) is 16.1. The van der Waals surface area contributed by atoms with Gasteiger partial charge in [0.1, 0.15) is 6.54 Å². The molecular formula is C21H29N2O2+. The van der Waals surface area contributed by atoms with Crippen LogP contribution in [0.5, 0.6) is 0 Å². The molecule has 2 N–H and O–H groups in total. The minimum Gasteiger partial charge on any atom is -0.355 e. The van der Waals surface area contributed by atoms with Crippen LogP contribution in [0.4, 0.5) is 0 Å². The van der Waals surface area contributed by atoms with Crippen molar-refractivity contribution in [3.8, 4) is 0 Å². The maximum atomic E-state index is 12.9. The lowest BCUT2D eigenvalue weighted by atomic mass is 10.0. The molecule has 134 valence electrons. The maximum absolute atomic E-state index is 12.9. The van der Waals surface area contributed by atoms with Crippen molar-refractivity contribution in [3.63, 3.8) is 0 Å². The first-order valence-electron chi connectivity index (χ1n) is 8.90. The van der Waals surface area contributed by atoms with E-state index in [-0.39, 0.29) is 17.6 Å². The van der Waals surface area contributed by atoms with E-state index in [1.165, 1.54) is 18.1 Å². The summed E-state index contributed by atoms with van der Waals surface area (Å²) < 4.78 is 0. The molecule has 2 atom stereocenters. The highest BCUT2D eigenvalue weighted by atomic mass is 16.1. The Kier molecular flexibility index (Phi) is 5.96. The normalized spacial score (nSPS) is 13.5. The summed E-state index contributed by atoms with van der Waals surface area (Å²) >= 11 is 0. The van der Waals surface area contributed by atoms with Crippen LogP contribution in [0.25, 0.3) is 0 Å². The fourth-order valence-electron chi connectivity index (χ4n) is 3.33. The number of carbonyl (C=O) groups is 2. The van der Waals surface area contributed by atoms with Crippen molar-refractivity contribution in [1.29, 1.82) is 0 Å². The summed E-state index contributed by atoms with van der Waals surface area (Å²) in [7, 11) is 2.04. The molecular weight excluding hydrogens is 312 g/mol. The summed E-state index contributed by atoms with van der Waals surface area (Å²) in [6, 6.07) is 8.37. The summed E-state index contributed by atoms with van der Waals surface area (Å²) in [4.78, 5) is 29.0. The summed E-state index contributed by atoms with van der Waals surface area (Å²) in [6.07, 6.45) is 1.03. The molecule has 4 heteroatoms. The number of rotatable bonds is 7. The number of hydrogen-bond acceptors (Lipinski definition) is 2. The van der Waals surface area contributed by atoms with E-state index in [9.17, 15) is 9.59 Å². The van der Waals surface area contributed by atoms with Crippen molar-refractivity contribution < 1.29 is 14.5 Å². The Morgan fingerprint density at radius 1 is 1.12 bits per heavy atom. The molecule has 0 fully saturated rings. The quantitative estimate of drug-likeness (QED) is 0.761. The van der Waals surface area contributed by atoms with Gasteiger partial charge in [-0.15, -0.1) is 0 Å². The molecule has 0 amide bonds. The lowest BCUT2D eigenvalue weighted by Gasteiger charge is -2.21. The number of aryl methyl sites for hydroxylation is 2. The first-order valence-corrected chi connectivity index (χ1v) is 8.90. The molecule has 2 rings (SSSR count). The summed E-state index contributed by atoms with van der Waals surface area (Å²) in [5.74, 6) is 0.0467. The second kappa shape index (κ2) is 7.79. The average molecular weight is 341 g/mol. The Bertz CT molecular complexity index is 772. The number of ketones is 2. The third kappa shape index (κ3) is 4.07. The predicted molar refractivity (Wildman–Crippen MR) is 100 cm³/mol. The van der Waals surface area contributed by atoms with Crippen molar-refractivity contribution in [2.24, 2.45) is 0 Å². The standard InChI is InChI=1S/C21H28N2O2/c1-7-17-8-10-18(11-9-17)12-23(6)15(4)21(25)20-13(2)19(16(5)24)14(3)22-20/h8-11,15,22H,7,12H2,1-6H3/p+1/t15-/m1/s1. The lowest BCUT2D eigenvalue weighted by molar-refractivity contribution is -0.907. The molecule has 1 heterocycles. The van der Waals surface area contributed by atoms with Gasteiger partial charge in [0.15, 0.2) is 11.8 Å². The molecule has 0 saturated carbocycles. The van der Waals surface area contributed by atoms with Gasteiger partial charge < -0.3 is 9.88 Å². The number of aromatic nitrogens is 1. The minimum atomic E-state index is -0.192. The van der Waals surface area contributed by atoms with E-state index in [0.29, 0.717) is 11.3 Å². The van der Waals surface area contributed by atoms with E-state index in [4.69, 9.17) is 0 Å². The van der Waals surface area contributed by atoms with Gasteiger partial charge in [-0.2, -0.15) is 0 Å². The number of likely N-dealkylation sites (N-methyl/N-ethyl adjacent to an activating group) is 1. The van der Waals surface area contributed by atoms with Gasteiger partial charge in [-0.25, -0.2) is 0 Å². The van der Waals surface area contributed by atoms with Crippen LogP contribution >= 0.6 is 0 Å². The number of hydrogen-bond donors (Lipinski definition) is 2. The highest BCUT2D eigenvalue weighted by Gasteiger charge is 2.28. The SMILES string of the molecule is CCc1ccc(C[NH+](C)[C@H](C)C(=O)c2[nH]c(C)c(C(C)=O)c2C)cc1. The fraction of sp³-hybridized carbons (Fsp3) is 0.429. The number of nitrogens with one attached hydrogen (secondary N) is 2. The molecule has 0 saturated heterocycles. The van der Waals surface area contributed by atoms with Crippen LogP contribution < -0.4 is 4.90 Å². The Hall–Kier alpha value is -2.20. The number of H-pyrrole nitrogens is 1. The zero-order chi connectivity index (χ0) is 18.7.